The number of hydrogen-bond donors (Lipinski definition) is 0. The number of allylic oxidation sites excluding steroid dienone is 1. The average Bonchev–Trinajstić information content (AvgIpc) is 3.65. The number of hydrogen-bond acceptors (Lipinski definition) is 3. The van der Waals surface area contributed by atoms with E-state index in [9.17, 15) is 5.26 Å². The summed E-state index contributed by atoms with van der Waals surface area (Å²) in [5.74, 6) is 0. The third kappa shape index (κ3) is 6.34. The largest absolute Gasteiger partial charge is 0.347 e. The Morgan fingerprint density at radius 1 is 0.533 bits per heavy atom. The molecule has 60 heavy (non-hydrogen) atoms. The van der Waals surface area contributed by atoms with Crippen molar-refractivity contribution >= 4 is 53.0 Å². The van der Waals surface area contributed by atoms with Gasteiger partial charge in [0.25, 0.3) is 0 Å². The van der Waals surface area contributed by atoms with E-state index >= 15 is 0 Å². The standard InChI is InChI=1S/C55H39N4P/c1-58-54(41-26-16-7-17-27-41)46(36-56)53(40-24-14-6-15-25-40)57-55(58)52-50(60-2)33-32-49(51(52)39-22-12-5-13-23-39)59-47-30-28-42(37-18-8-3-9-19-37)34-44(47)45-35-43(29-31-48(45)59)38-20-10-4-11-21-38/h3-35,55H,2H2,1H3. The highest BCUT2D eigenvalue weighted by Crippen LogP contribution is 2.45. The lowest BCUT2D eigenvalue weighted by Gasteiger charge is -2.37. The Morgan fingerprint density at radius 2 is 1.00 bits per heavy atom. The summed E-state index contributed by atoms with van der Waals surface area (Å²) in [6.45, 7) is 0. The third-order valence-corrected chi connectivity index (χ3v) is 12.3. The molecule has 1 atom stereocenters. The third-order valence-electron chi connectivity index (χ3n) is 11.6. The molecule has 0 N–H and O–H groups in total. The number of nitrogens with zero attached hydrogens (tertiary/aromatic N) is 4. The second-order valence-electron chi connectivity index (χ2n) is 15.0. The highest BCUT2D eigenvalue weighted by molar-refractivity contribution is 7.45. The van der Waals surface area contributed by atoms with Crippen LogP contribution in [0.15, 0.2) is 211 Å². The van der Waals surface area contributed by atoms with E-state index in [1.54, 1.807) is 0 Å². The minimum Gasteiger partial charge on any atom is -0.347 e. The van der Waals surface area contributed by atoms with Crippen molar-refractivity contribution in [3.05, 3.63) is 222 Å². The fourth-order valence-corrected chi connectivity index (χ4v) is 9.38. The van der Waals surface area contributed by atoms with Gasteiger partial charge in [-0.15, -0.1) is 0 Å². The predicted molar refractivity (Wildman–Crippen MR) is 253 cm³/mol. The second-order valence-corrected chi connectivity index (χ2v) is 15.8. The summed E-state index contributed by atoms with van der Waals surface area (Å²) < 4.78 is 2.43. The first-order valence-corrected chi connectivity index (χ1v) is 21.2. The van der Waals surface area contributed by atoms with E-state index in [0.717, 1.165) is 63.7 Å². The van der Waals surface area contributed by atoms with Crippen molar-refractivity contribution in [2.45, 2.75) is 6.17 Å². The molecule has 2 heterocycles. The summed E-state index contributed by atoms with van der Waals surface area (Å²) in [5.41, 5.74) is 15.1. The van der Waals surface area contributed by atoms with Crippen LogP contribution >= 0.6 is 8.20 Å². The zero-order chi connectivity index (χ0) is 40.6. The van der Waals surface area contributed by atoms with E-state index in [-0.39, 0.29) is 0 Å². The monoisotopic (exact) mass is 786 g/mol. The second kappa shape index (κ2) is 15.6. The summed E-state index contributed by atoms with van der Waals surface area (Å²) >= 11 is 0. The van der Waals surface area contributed by atoms with Crippen LogP contribution in [0.5, 0.6) is 0 Å². The Morgan fingerprint density at radius 3 is 1.48 bits per heavy atom. The molecule has 284 valence electrons. The van der Waals surface area contributed by atoms with Gasteiger partial charge in [-0.25, -0.2) is 0 Å². The van der Waals surface area contributed by atoms with Gasteiger partial charge in [0.1, 0.15) is 17.8 Å². The quantitative estimate of drug-likeness (QED) is 0.144. The molecule has 1 aromatic heterocycles. The lowest BCUT2D eigenvalue weighted by molar-refractivity contribution is 0.365. The summed E-state index contributed by atoms with van der Waals surface area (Å²) in [7, 11) is 2.93. The Bertz CT molecular complexity index is 3070. The normalized spacial score (nSPS) is 14.1. The summed E-state index contributed by atoms with van der Waals surface area (Å²) in [4.78, 5) is 7.77. The Labute approximate surface area is 352 Å². The van der Waals surface area contributed by atoms with E-state index in [4.69, 9.17) is 4.99 Å². The van der Waals surface area contributed by atoms with E-state index in [0.29, 0.717) is 11.3 Å². The van der Waals surface area contributed by atoms with E-state index in [1.165, 1.54) is 33.0 Å². The van der Waals surface area contributed by atoms with Crippen molar-refractivity contribution in [3.63, 3.8) is 0 Å². The van der Waals surface area contributed by atoms with Gasteiger partial charge >= 0.3 is 0 Å². The predicted octanol–water partition coefficient (Wildman–Crippen LogP) is 13.2. The van der Waals surface area contributed by atoms with Gasteiger partial charge in [-0.3, -0.25) is 4.99 Å². The summed E-state index contributed by atoms with van der Waals surface area (Å²) in [6, 6.07) is 73.0. The van der Waals surface area contributed by atoms with Crippen LogP contribution in [0.25, 0.3) is 66.6 Å². The number of nitriles is 1. The molecule has 0 spiro atoms. The molecule has 0 bridgehead atoms. The molecule has 0 radical (unpaired) electrons. The maximum absolute atomic E-state index is 10.9. The van der Waals surface area contributed by atoms with Gasteiger partial charge < -0.3 is 9.47 Å². The van der Waals surface area contributed by atoms with Gasteiger partial charge in [-0.05, 0) is 69.8 Å². The molecule has 0 aliphatic carbocycles. The lowest BCUT2D eigenvalue weighted by Crippen LogP contribution is -2.32. The molecule has 10 rings (SSSR count). The molecule has 0 fully saturated rings. The van der Waals surface area contributed by atoms with Crippen LogP contribution in [0.2, 0.25) is 0 Å². The number of rotatable bonds is 8. The van der Waals surface area contributed by atoms with Crippen molar-refractivity contribution in [1.82, 2.24) is 9.47 Å². The first kappa shape index (κ1) is 36.7. The van der Waals surface area contributed by atoms with E-state index in [1.807, 2.05) is 48.5 Å². The fraction of sp³-hybridized carbons (Fsp3) is 0.0364. The summed E-state index contributed by atoms with van der Waals surface area (Å²) in [5, 5.41) is 14.3. The van der Waals surface area contributed by atoms with Crippen molar-refractivity contribution in [2.75, 3.05) is 7.05 Å². The zero-order valence-electron chi connectivity index (χ0n) is 33.1. The van der Waals surface area contributed by atoms with Gasteiger partial charge in [-0.1, -0.05) is 178 Å². The van der Waals surface area contributed by atoms with Crippen LogP contribution < -0.4 is 5.30 Å². The average molecular weight is 787 g/mol. The SMILES string of the molecule is C=Pc1ccc(-n2c3ccc(-c4ccccc4)cc3c3cc(-c4ccccc4)ccc32)c(-c2ccccc2)c1C1N=C(c2ccccc2)C(C#N)=C(c2ccccc2)N1C. The van der Waals surface area contributed by atoms with Gasteiger partial charge in [0.2, 0.25) is 0 Å². The maximum atomic E-state index is 10.9. The fourth-order valence-electron chi connectivity index (χ4n) is 8.80. The molecular weight excluding hydrogens is 748 g/mol. The summed E-state index contributed by atoms with van der Waals surface area (Å²) in [6.07, 6.45) is 3.97. The van der Waals surface area contributed by atoms with Gasteiger partial charge in [0, 0.05) is 39.8 Å². The zero-order valence-corrected chi connectivity index (χ0v) is 34.0. The van der Waals surface area contributed by atoms with Crippen LogP contribution in [-0.4, -0.2) is 28.5 Å². The Balaban J connectivity index is 1.29. The van der Waals surface area contributed by atoms with Gasteiger partial charge in [-0.2, -0.15) is 5.26 Å². The first-order chi connectivity index (χ1) is 29.6. The molecule has 9 aromatic rings. The smallest absolute Gasteiger partial charge is 0.149 e. The number of aliphatic imine (C=N–C) groups is 1. The van der Waals surface area contributed by atoms with Crippen molar-refractivity contribution < 1.29 is 0 Å². The van der Waals surface area contributed by atoms with E-state index in [2.05, 4.69) is 181 Å². The number of fused-ring (bicyclic) bond motifs is 3. The molecular formula is C55H39N4P. The Hall–Kier alpha value is -7.57. The van der Waals surface area contributed by atoms with Gasteiger partial charge in [0.05, 0.1) is 28.1 Å². The van der Waals surface area contributed by atoms with Crippen LogP contribution in [0.4, 0.5) is 0 Å². The lowest BCUT2D eigenvalue weighted by atomic mass is 9.91. The number of aromatic nitrogens is 1. The number of benzene rings is 8. The Kier molecular flexibility index (Phi) is 9.58. The molecule has 8 aromatic carbocycles. The van der Waals surface area contributed by atoms with Gasteiger partial charge in [0.15, 0.2) is 0 Å². The molecule has 5 heteroatoms. The van der Waals surface area contributed by atoms with Crippen molar-refractivity contribution in [2.24, 2.45) is 4.99 Å². The maximum Gasteiger partial charge on any atom is 0.149 e. The molecule has 1 unspecified atom stereocenters. The molecule has 0 saturated carbocycles. The highest BCUT2D eigenvalue weighted by Gasteiger charge is 2.34. The topological polar surface area (TPSA) is 44.3 Å². The van der Waals surface area contributed by atoms with Crippen LogP contribution in [-0.2, 0) is 0 Å². The minimum atomic E-state index is -0.491. The van der Waals surface area contributed by atoms with Crippen molar-refractivity contribution in [1.29, 1.82) is 5.26 Å². The van der Waals surface area contributed by atoms with Crippen LogP contribution in [0, 0.1) is 11.3 Å². The molecule has 1 aliphatic rings. The van der Waals surface area contributed by atoms with Crippen LogP contribution in [0.1, 0.15) is 22.9 Å². The molecule has 0 amide bonds. The molecule has 1 aliphatic heterocycles. The van der Waals surface area contributed by atoms with E-state index < -0.39 is 6.17 Å². The molecule has 4 nitrogen and oxygen atoms in total. The minimum absolute atomic E-state index is 0.491. The van der Waals surface area contributed by atoms with Crippen molar-refractivity contribution in [3.8, 4) is 45.1 Å². The molecule has 0 saturated heterocycles. The first-order valence-electron chi connectivity index (χ1n) is 20.1. The van der Waals surface area contributed by atoms with Crippen LogP contribution in [0.3, 0.4) is 0 Å². The highest BCUT2D eigenvalue weighted by atomic mass is 31.1.